The van der Waals surface area contributed by atoms with Crippen LogP contribution in [0.5, 0.6) is 0 Å². The Bertz CT molecular complexity index is 553. The van der Waals surface area contributed by atoms with Crippen LogP contribution in [0.1, 0.15) is 31.7 Å². The number of amides is 3. The van der Waals surface area contributed by atoms with Gasteiger partial charge in [-0.1, -0.05) is 26.0 Å². The van der Waals surface area contributed by atoms with E-state index in [9.17, 15) is 14.4 Å². The van der Waals surface area contributed by atoms with E-state index in [0.29, 0.717) is 11.6 Å². The molecule has 0 aliphatic rings. The zero-order valence-corrected chi connectivity index (χ0v) is 13.5. The Labute approximate surface area is 130 Å². The number of carbonyl (C=O) groups is 3. The SMILES string of the molecule is CC(C)c1cccc(NC(=O)C(=O)NCCC(=O)N(C)C)c1. The fourth-order valence-electron chi connectivity index (χ4n) is 1.75. The van der Waals surface area contributed by atoms with E-state index in [1.54, 1.807) is 20.2 Å². The van der Waals surface area contributed by atoms with Crippen LogP contribution in [-0.4, -0.2) is 43.3 Å². The molecule has 0 radical (unpaired) electrons. The third-order valence-electron chi connectivity index (χ3n) is 3.14. The molecular weight excluding hydrogens is 282 g/mol. The van der Waals surface area contributed by atoms with Crippen LogP contribution in [0.3, 0.4) is 0 Å². The second-order valence-corrected chi connectivity index (χ2v) is 5.53. The molecule has 1 rings (SSSR count). The highest BCUT2D eigenvalue weighted by Crippen LogP contribution is 2.18. The van der Waals surface area contributed by atoms with Crippen molar-refractivity contribution in [2.24, 2.45) is 0 Å². The van der Waals surface area contributed by atoms with Gasteiger partial charge in [0.1, 0.15) is 0 Å². The molecule has 0 atom stereocenters. The lowest BCUT2D eigenvalue weighted by Crippen LogP contribution is -2.37. The van der Waals surface area contributed by atoms with Gasteiger partial charge in [0, 0.05) is 32.7 Å². The van der Waals surface area contributed by atoms with Crippen molar-refractivity contribution in [1.29, 1.82) is 0 Å². The molecule has 1 aromatic carbocycles. The smallest absolute Gasteiger partial charge is 0.313 e. The van der Waals surface area contributed by atoms with Crippen molar-refractivity contribution in [3.05, 3.63) is 29.8 Å². The van der Waals surface area contributed by atoms with Crippen molar-refractivity contribution in [1.82, 2.24) is 10.2 Å². The summed E-state index contributed by atoms with van der Waals surface area (Å²) in [6.07, 6.45) is 0.162. The minimum atomic E-state index is -0.749. The van der Waals surface area contributed by atoms with Gasteiger partial charge in [-0.3, -0.25) is 14.4 Å². The Morgan fingerprint density at radius 2 is 1.82 bits per heavy atom. The van der Waals surface area contributed by atoms with Crippen LogP contribution in [0.15, 0.2) is 24.3 Å². The van der Waals surface area contributed by atoms with Gasteiger partial charge in [-0.2, -0.15) is 0 Å². The number of nitrogens with zero attached hydrogens (tertiary/aromatic N) is 1. The maximum atomic E-state index is 11.8. The van der Waals surface area contributed by atoms with E-state index in [4.69, 9.17) is 0 Å². The molecule has 1 aromatic rings. The van der Waals surface area contributed by atoms with E-state index >= 15 is 0 Å². The topological polar surface area (TPSA) is 78.5 Å². The van der Waals surface area contributed by atoms with Gasteiger partial charge in [-0.15, -0.1) is 0 Å². The Balaban J connectivity index is 2.49. The van der Waals surface area contributed by atoms with Crippen molar-refractivity contribution in [3.8, 4) is 0 Å². The Kier molecular flexibility index (Phi) is 6.56. The zero-order valence-electron chi connectivity index (χ0n) is 13.5. The molecule has 0 spiro atoms. The van der Waals surface area contributed by atoms with Gasteiger partial charge < -0.3 is 15.5 Å². The number of carbonyl (C=O) groups excluding carboxylic acids is 3. The van der Waals surface area contributed by atoms with Gasteiger partial charge in [-0.05, 0) is 23.6 Å². The van der Waals surface area contributed by atoms with Crippen molar-refractivity contribution >= 4 is 23.4 Å². The standard InChI is InChI=1S/C16H23N3O3/c1-11(2)12-6-5-7-13(10-12)18-16(22)15(21)17-9-8-14(20)19(3)4/h5-7,10-11H,8-9H2,1-4H3,(H,17,21)(H,18,22). The summed E-state index contributed by atoms with van der Waals surface area (Å²) in [5.41, 5.74) is 1.66. The highest BCUT2D eigenvalue weighted by atomic mass is 16.2. The van der Waals surface area contributed by atoms with Crippen LogP contribution in [0.4, 0.5) is 5.69 Å². The Morgan fingerprint density at radius 3 is 2.41 bits per heavy atom. The first-order valence-electron chi connectivity index (χ1n) is 7.20. The van der Waals surface area contributed by atoms with E-state index in [1.807, 2.05) is 18.2 Å². The first kappa shape index (κ1) is 17.7. The number of hydrogen-bond acceptors (Lipinski definition) is 3. The van der Waals surface area contributed by atoms with Crippen LogP contribution >= 0.6 is 0 Å². The molecule has 6 heteroatoms. The van der Waals surface area contributed by atoms with Crippen LogP contribution in [0.25, 0.3) is 0 Å². The van der Waals surface area contributed by atoms with Crippen LogP contribution in [-0.2, 0) is 14.4 Å². The summed E-state index contributed by atoms with van der Waals surface area (Å²) >= 11 is 0. The Hall–Kier alpha value is -2.37. The van der Waals surface area contributed by atoms with Crippen LogP contribution in [0, 0.1) is 0 Å². The fourth-order valence-corrected chi connectivity index (χ4v) is 1.75. The van der Waals surface area contributed by atoms with Gasteiger partial charge in [0.15, 0.2) is 0 Å². The highest BCUT2D eigenvalue weighted by Gasteiger charge is 2.14. The molecule has 0 fully saturated rings. The van der Waals surface area contributed by atoms with Gasteiger partial charge in [-0.25, -0.2) is 0 Å². The van der Waals surface area contributed by atoms with Crippen molar-refractivity contribution in [3.63, 3.8) is 0 Å². The molecule has 22 heavy (non-hydrogen) atoms. The molecule has 0 aliphatic heterocycles. The molecule has 0 saturated carbocycles. The van der Waals surface area contributed by atoms with E-state index in [2.05, 4.69) is 24.5 Å². The summed E-state index contributed by atoms with van der Waals surface area (Å²) in [5, 5.41) is 4.98. The third-order valence-corrected chi connectivity index (χ3v) is 3.14. The third kappa shape index (κ3) is 5.55. The number of benzene rings is 1. The predicted octanol–water partition coefficient (Wildman–Crippen LogP) is 1.34. The summed E-state index contributed by atoms with van der Waals surface area (Å²) < 4.78 is 0. The second-order valence-electron chi connectivity index (χ2n) is 5.53. The van der Waals surface area contributed by atoms with Crippen LogP contribution in [0.2, 0.25) is 0 Å². The zero-order chi connectivity index (χ0) is 16.7. The lowest BCUT2D eigenvalue weighted by atomic mass is 10.0. The molecule has 0 aliphatic carbocycles. The van der Waals surface area contributed by atoms with Gasteiger partial charge in [0.05, 0.1) is 0 Å². The van der Waals surface area contributed by atoms with Crippen molar-refractivity contribution < 1.29 is 14.4 Å². The summed E-state index contributed by atoms with van der Waals surface area (Å²) in [6, 6.07) is 7.36. The lowest BCUT2D eigenvalue weighted by Gasteiger charge is -2.11. The first-order valence-corrected chi connectivity index (χ1v) is 7.20. The Morgan fingerprint density at radius 1 is 1.14 bits per heavy atom. The maximum Gasteiger partial charge on any atom is 0.313 e. The first-order chi connectivity index (χ1) is 10.3. The van der Waals surface area contributed by atoms with Gasteiger partial charge >= 0.3 is 11.8 Å². The molecule has 0 unspecified atom stereocenters. The quantitative estimate of drug-likeness (QED) is 0.806. The largest absolute Gasteiger partial charge is 0.349 e. The predicted molar refractivity (Wildman–Crippen MR) is 85.5 cm³/mol. The molecule has 0 bridgehead atoms. The molecule has 2 N–H and O–H groups in total. The van der Waals surface area contributed by atoms with E-state index in [-0.39, 0.29) is 18.9 Å². The van der Waals surface area contributed by atoms with E-state index < -0.39 is 11.8 Å². The summed E-state index contributed by atoms with van der Waals surface area (Å²) in [5.74, 6) is -1.26. The molecular formula is C16H23N3O3. The summed E-state index contributed by atoms with van der Waals surface area (Å²) in [7, 11) is 3.27. The second kappa shape index (κ2) is 8.17. The lowest BCUT2D eigenvalue weighted by molar-refractivity contribution is -0.136. The summed E-state index contributed by atoms with van der Waals surface area (Å²) in [6.45, 7) is 4.24. The van der Waals surface area contributed by atoms with Gasteiger partial charge in [0.2, 0.25) is 5.91 Å². The van der Waals surface area contributed by atoms with Crippen LogP contribution < -0.4 is 10.6 Å². The van der Waals surface area contributed by atoms with Gasteiger partial charge in [0.25, 0.3) is 0 Å². The average molecular weight is 305 g/mol. The highest BCUT2D eigenvalue weighted by molar-refractivity contribution is 6.39. The molecule has 0 saturated heterocycles. The molecule has 0 heterocycles. The average Bonchev–Trinajstić information content (AvgIpc) is 2.46. The maximum absolute atomic E-state index is 11.8. The summed E-state index contributed by atoms with van der Waals surface area (Å²) in [4.78, 5) is 36.2. The van der Waals surface area contributed by atoms with Crippen molar-refractivity contribution in [2.75, 3.05) is 26.0 Å². The number of hydrogen-bond donors (Lipinski definition) is 2. The monoisotopic (exact) mass is 305 g/mol. The fraction of sp³-hybridized carbons (Fsp3) is 0.438. The number of anilines is 1. The minimum absolute atomic E-state index is 0.106. The van der Waals surface area contributed by atoms with E-state index in [0.717, 1.165) is 5.56 Å². The van der Waals surface area contributed by atoms with Crippen molar-refractivity contribution in [2.45, 2.75) is 26.2 Å². The molecule has 6 nitrogen and oxygen atoms in total. The number of rotatable bonds is 5. The molecule has 120 valence electrons. The van der Waals surface area contributed by atoms with E-state index in [1.165, 1.54) is 4.90 Å². The minimum Gasteiger partial charge on any atom is -0.349 e. The number of nitrogens with one attached hydrogen (secondary N) is 2. The normalized spacial score (nSPS) is 10.2. The molecule has 3 amide bonds. The molecule has 0 aromatic heterocycles.